The predicted molar refractivity (Wildman–Crippen MR) is 81.2 cm³/mol. The van der Waals surface area contributed by atoms with Gasteiger partial charge in [0.25, 0.3) is 0 Å². The average molecular weight is 277 g/mol. The summed E-state index contributed by atoms with van der Waals surface area (Å²) < 4.78 is 4.97. The second kappa shape index (κ2) is 8.91. The molecule has 1 heterocycles. The number of rotatable bonds is 4. The van der Waals surface area contributed by atoms with Crippen molar-refractivity contribution in [2.45, 2.75) is 26.8 Å². The van der Waals surface area contributed by atoms with Gasteiger partial charge in [0.2, 0.25) is 5.91 Å². The Labute approximate surface area is 121 Å². The van der Waals surface area contributed by atoms with Crippen LogP contribution in [-0.2, 0) is 9.53 Å². The Balaban J connectivity index is 0.00000172. The van der Waals surface area contributed by atoms with Gasteiger partial charge in [-0.1, -0.05) is 44.7 Å². The molecule has 1 aliphatic heterocycles. The Bertz CT molecular complexity index is 421. The summed E-state index contributed by atoms with van der Waals surface area (Å²) in [4.78, 5) is 24.8. The van der Waals surface area contributed by atoms with Gasteiger partial charge in [-0.2, -0.15) is 0 Å². The van der Waals surface area contributed by atoms with Crippen LogP contribution < -0.4 is 0 Å². The molecule has 4 nitrogen and oxygen atoms in total. The lowest BCUT2D eigenvalue weighted by atomic mass is 10.0. The maximum atomic E-state index is 12.0. The molecule has 0 radical (unpaired) electrons. The highest BCUT2D eigenvalue weighted by Crippen LogP contribution is 2.22. The van der Waals surface area contributed by atoms with E-state index in [0.29, 0.717) is 0 Å². The van der Waals surface area contributed by atoms with Crippen LogP contribution in [0.2, 0.25) is 0 Å². The molecule has 1 fully saturated rings. The van der Waals surface area contributed by atoms with Gasteiger partial charge in [0, 0.05) is 5.92 Å². The molecular weight excluding hydrogens is 254 g/mol. The van der Waals surface area contributed by atoms with E-state index in [-0.39, 0.29) is 24.5 Å². The van der Waals surface area contributed by atoms with Gasteiger partial charge in [-0.25, -0.2) is 9.69 Å². The number of hydrogen-bond acceptors (Lipinski definition) is 3. The summed E-state index contributed by atoms with van der Waals surface area (Å²) in [6, 6.07) is -0.374. The molecule has 0 spiro atoms. The minimum atomic E-state index is -0.577. The van der Waals surface area contributed by atoms with Gasteiger partial charge in [0.05, 0.1) is 0 Å². The van der Waals surface area contributed by atoms with Crippen LogP contribution in [0, 0.1) is 5.92 Å². The number of cyclic esters (lactones) is 1. The van der Waals surface area contributed by atoms with Crippen molar-refractivity contribution in [1.29, 1.82) is 0 Å². The molecule has 1 unspecified atom stereocenters. The topological polar surface area (TPSA) is 46.6 Å². The molecular formula is C16H23NO3. The molecule has 110 valence electrons. The van der Waals surface area contributed by atoms with Gasteiger partial charge in [-0.3, -0.25) is 4.79 Å². The van der Waals surface area contributed by atoms with Crippen molar-refractivity contribution in [2.75, 3.05) is 6.61 Å². The minimum Gasteiger partial charge on any atom is -0.446 e. The van der Waals surface area contributed by atoms with E-state index >= 15 is 0 Å². The normalized spacial score (nSPS) is 18.8. The van der Waals surface area contributed by atoms with Gasteiger partial charge in [-0.05, 0) is 12.5 Å². The van der Waals surface area contributed by atoms with Crippen molar-refractivity contribution in [3.05, 3.63) is 49.6 Å². The van der Waals surface area contributed by atoms with Crippen LogP contribution >= 0.6 is 0 Å². The fourth-order valence-corrected chi connectivity index (χ4v) is 1.71. The van der Waals surface area contributed by atoms with Gasteiger partial charge < -0.3 is 4.74 Å². The van der Waals surface area contributed by atoms with Gasteiger partial charge in [0.1, 0.15) is 12.6 Å². The first-order chi connectivity index (χ1) is 9.52. The largest absolute Gasteiger partial charge is 0.446 e. The lowest BCUT2D eigenvalue weighted by molar-refractivity contribution is -0.131. The molecule has 0 bridgehead atoms. The summed E-state index contributed by atoms with van der Waals surface area (Å²) in [6.07, 6.45) is 6.62. The smallest absolute Gasteiger partial charge is 0.417 e. The quantitative estimate of drug-likeness (QED) is 0.584. The zero-order valence-electron chi connectivity index (χ0n) is 12.5. The molecule has 1 rings (SSSR count). The molecule has 0 saturated carbocycles. The van der Waals surface area contributed by atoms with Crippen LogP contribution in [0.5, 0.6) is 0 Å². The van der Waals surface area contributed by atoms with Crippen molar-refractivity contribution in [3.8, 4) is 0 Å². The molecule has 1 aliphatic rings. The number of carbonyl (C=O) groups is 2. The third kappa shape index (κ3) is 4.23. The van der Waals surface area contributed by atoms with Crippen LogP contribution in [0.1, 0.15) is 20.8 Å². The average Bonchev–Trinajstić information content (AvgIpc) is 2.83. The second-order valence-corrected chi connectivity index (χ2v) is 4.35. The molecule has 0 aromatic carbocycles. The van der Waals surface area contributed by atoms with Crippen LogP contribution in [-0.4, -0.2) is 29.5 Å². The van der Waals surface area contributed by atoms with Crippen LogP contribution in [0.4, 0.5) is 4.79 Å². The Morgan fingerprint density at radius 1 is 1.45 bits per heavy atom. The maximum Gasteiger partial charge on any atom is 0.417 e. The van der Waals surface area contributed by atoms with Crippen LogP contribution in [0.15, 0.2) is 49.6 Å². The Morgan fingerprint density at radius 3 is 2.50 bits per heavy atom. The summed E-state index contributed by atoms with van der Waals surface area (Å²) in [6.45, 7) is 15.3. The molecule has 0 aliphatic carbocycles. The zero-order valence-corrected chi connectivity index (χ0v) is 12.5. The Kier molecular flexibility index (Phi) is 7.97. The number of ether oxygens (including phenoxy) is 1. The highest BCUT2D eigenvalue weighted by atomic mass is 16.6. The highest BCUT2D eigenvalue weighted by Gasteiger charge is 2.39. The predicted octanol–water partition coefficient (Wildman–Crippen LogP) is 3.48. The molecule has 0 aromatic rings. The van der Waals surface area contributed by atoms with E-state index in [0.717, 1.165) is 5.57 Å². The van der Waals surface area contributed by atoms with E-state index in [4.69, 9.17) is 4.74 Å². The molecule has 2 amide bonds. The molecule has 1 atom stereocenters. The molecule has 20 heavy (non-hydrogen) atoms. The number of amides is 2. The monoisotopic (exact) mass is 277 g/mol. The van der Waals surface area contributed by atoms with Crippen LogP contribution in [0.25, 0.3) is 0 Å². The van der Waals surface area contributed by atoms with Crippen molar-refractivity contribution in [3.63, 3.8) is 0 Å². The van der Waals surface area contributed by atoms with E-state index in [1.54, 1.807) is 19.9 Å². The number of nitrogens with zero attached hydrogens (tertiary/aromatic N) is 1. The standard InChI is InChI=1S/C14H19NO3.C2H4/c1-5-7-8-11(6-2)12-9-18-14(17)15(12)13(16)10(3)4;1-2/h5-8,10,12H,2,9H2,1,3-4H3;1-2H2/b7-5-,11-8+;. The number of carbonyl (C=O) groups excluding carboxylic acids is 2. The fourth-order valence-electron chi connectivity index (χ4n) is 1.71. The zero-order chi connectivity index (χ0) is 15.7. The number of allylic oxidation sites excluding steroid dienone is 3. The number of imide groups is 1. The molecule has 1 saturated heterocycles. The van der Waals surface area contributed by atoms with Crippen molar-refractivity contribution in [2.24, 2.45) is 5.92 Å². The molecule has 0 aromatic heterocycles. The molecule has 0 N–H and O–H groups in total. The van der Waals surface area contributed by atoms with Gasteiger partial charge in [0.15, 0.2) is 0 Å². The summed E-state index contributed by atoms with van der Waals surface area (Å²) >= 11 is 0. The summed E-state index contributed by atoms with van der Waals surface area (Å²) in [5.74, 6) is -0.471. The first-order valence-corrected chi connectivity index (χ1v) is 6.48. The van der Waals surface area contributed by atoms with Crippen molar-refractivity contribution in [1.82, 2.24) is 4.90 Å². The number of hydrogen-bond donors (Lipinski definition) is 0. The first kappa shape index (κ1) is 17.9. The SMILES string of the molecule is C=C.C=C/C(=C\C=C/C)C1COC(=O)N1C(=O)C(C)C. The second-order valence-electron chi connectivity index (χ2n) is 4.35. The third-order valence-electron chi connectivity index (χ3n) is 2.71. The van der Waals surface area contributed by atoms with E-state index < -0.39 is 6.09 Å². The minimum absolute atomic E-state index is 0.187. The lowest BCUT2D eigenvalue weighted by Crippen LogP contribution is -2.42. The van der Waals surface area contributed by atoms with E-state index in [2.05, 4.69) is 19.7 Å². The maximum absolute atomic E-state index is 12.0. The fraction of sp³-hybridized carbons (Fsp3) is 0.375. The summed E-state index contributed by atoms with van der Waals surface area (Å²) in [5, 5.41) is 0. The van der Waals surface area contributed by atoms with Gasteiger partial charge in [-0.15, -0.1) is 13.2 Å². The van der Waals surface area contributed by atoms with E-state index in [1.165, 1.54) is 4.90 Å². The summed E-state index contributed by atoms with van der Waals surface area (Å²) in [7, 11) is 0. The van der Waals surface area contributed by atoms with Crippen LogP contribution in [0.3, 0.4) is 0 Å². The van der Waals surface area contributed by atoms with Crippen molar-refractivity contribution >= 4 is 12.0 Å². The Hall–Kier alpha value is -2.10. The van der Waals surface area contributed by atoms with E-state index in [1.807, 2.05) is 25.2 Å². The third-order valence-corrected chi connectivity index (χ3v) is 2.71. The lowest BCUT2D eigenvalue weighted by Gasteiger charge is -2.22. The van der Waals surface area contributed by atoms with Crippen molar-refractivity contribution < 1.29 is 14.3 Å². The van der Waals surface area contributed by atoms with Gasteiger partial charge >= 0.3 is 6.09 Å². The first-order valence-electron chi connectivity index (χ1n) is 6.48. The summed E-state index contributed by atoms with van der Waals surface area (Å²) in [5.41, 5.74) is 0.799. The van der Waals surface area contributed by atoms with E-state index in [9.17, 15) is 9.59 Å². The Morgan fingerprint density at radius 2 is 2.05 bits per heavy atom. The molecule has 4 heteroatoms. The highest BCUT2D eigenvalue weighted by molar-refractivity contribution is 5.95.